The summed E-state index contributed by atoms with van der Waals surface area (Å²) in [7, 11) is -0.446. The van der Waals surface area contributed by atoms with Gasteiger partial charge in [-0.1, -0.05) is 91.0 Å². The maximum absolute atomic E-state index is 8.44. The Hall–Kier alpha value is -0.238. The van der Waals surface area contributed by atoms with E-state index in [2.05, 4.69) is 91.0 Å². The second kappa shape index (κ2) is 20.1. The number of hydrogen-bond donors (Lipinski definition) is 1. The number of hydrogen-bond acceptors (Lipinski definition) is 2. The molecule has 0 atom stereocenters. The van der Waals surface area contributed by atoms with Gasteiger partial charge in [0.05, 0.1) is 0 Å². The van der Waals surface area contributed by atoms with Crippen LogP contribution in [0, 0.1) is 0 Å². The molecule has 0 amide bonds. The maximum atomic E-state index is 8.44. The van der Waals surface area contributed by atoms with E-state index in [1.165, 1.54) is 15.9 Å². The summed E-state index contributed by atoms with van der Waals surface area (Å²) in [5.41, 5.74) is 0. The molecule has 9 heteroatoms. The molecule has 3 aromatic carbocycles. The molecule has 0 spiro atoms. The van der Waals surface area contributed by atoms with Crippen molar-refractivity contribution in [2.45, 2.75) is 0 Å². The molecule has 0 aliphatic rings. The molecule has 0 fully saturated rings. The van der Waals surface area contributed by atoms with Crippen molar-refractivity contribution >= 4 is 47.4 Å². The fourth-order valence-electron chi connectivity index (χ4n) is 2.18. The van der Waals surface area contributed by atoms with Gasteiger partial charge in [0, 0.05) is 0 Å². The number of benzene rings is 3. The Kier molecular flexibility index (Phi) is 25.2. The zero-order valence-corrected chi connectivity index (χ0v) is 21.4. The van der Waals surface area contributed by atoms with Crippen LogP contribution in [0.1, 0.15) is 0 Å². The summed E-state index contributed by atoms with van der Waals surface area (Å²) >= 11 is 0. The summed E-state index contributed by atoms with van der Waals surface area (Å²) in [6.45, 7) is 0. The fraction of sp³-hybridized carbons (Fsp3) is 0. The van der Waals surface area contributed by atoms with Crippen LogP contribution in [0.4, 0.5) is 4.79 Å². The Morgan fingerprint density at radius 2 is 0.821 bits per heavy atom. The van der Waals surface area contributed by atoms with Crippen LogP contribution < -0.4 is 87.8 Å². The minimum absolute atomic E-state index is 0. The molecule has 3 rings (SSSR count). The largest absolute Gasteiger partial charge is 3.00 e. The van der Waals surface area contributed by atoms with Crippen molar-refractivity contribution in [1.29, 1.82) is 0 Å². The van der Waals surface area contributed by atoms with Crippen LogP contribution in [-0.2, 0) is 0 Å². The number of carbonyl (C=O) groups is 1. The Morgan fingerprint density at radius 1 is 0.643 bits per heavy atom. The molecular formula is C19H16AlCl3NaO3P. The molecule has 0 saturated carbocycles. The first kappa shape index (κ1) is 35.2. The Balaban J connectivity index is -0.000000295. The van der Waals surface area contributed by atoms with Crippen LogP contribution in [0.2, 0.25) is 0 Å². The molecular weight excluding hydrogens is 464 g/mol. The number of carboxylic acid groups (broad SMARTS) is 2. The molecule has 1 N–H and O–H groups in total. The molecule has 0 aliphatic carbocycles. The smallest absolute Gasteiger partial charge is 1.00 e. The van der Waals surface area contributed by atoms with E-state index in [-0.39, 0.29) is 84.1 Å². The zero-order valence-electron chi connectivity index (χ0n) is 15.1. The molecule has 0 saturated heterocycles. The van der Waals surface area contributed by atoms with Gasteiger partial charge < -0.3 is 52.2 Å². The average molecular weight is 480 g/mol. The standard InChI is InChI=1S/C18H15P.CH2O3.Al.3ClH.Na/c1-4-10-16(11-5-1)19(17-12-6-2-7-13-17)18-14-8-3-9-15-18;2-1(3)4;;;;;/h1-15H;(H2,2,3,4);;3*1H;/q;;+3;;;;+1/p-4. The monoisotopic (exact) mass is 478 g/mol. The summed E-state index contributed by atoms with van der Waals surface area (Å²) in [4.78, 5) is 8.44. The molecule has 28 heavy (non-hydrogen) atoms. The van der Waals surface area contributed by atoms with E-state index in [4.69, 9.17) is 15.0 Å². The fourth-order valence-corrected chi connectivity index (χ4v) is 4.48. The first-order chi connectivity index (χ1) is 11.2. The van der Waals surface area contributed by atoms with Gasteiger partial charge in [-0.3, -0.25) is 0 Å². The predicted molar refractivity (Wildman–Crippen MR) is 98.9 cm³/mol. The minimum Gasteiger partial charge on any atom is -1.00 e. The Bertz CT molecular complexity index is 643. The van der Waals surface area contributed by atoms with Crippen LogP contribution in [0.15, 0.2) is 91.0 Å². The van der Waals surface area contributed by atoms with Crippen molar-refractivity contribution in [3.63, 3.8) is 0 Å². The van der Waals surface area contributed by atoms with Crippen molar-refractivity contribution in [3.05, 3.63) is 91.0 Å². The van der Waals surface area contributed by atoms with Crippen molar-refractivity contribution in [1.82, 2.24) is 0 Å². The van der Waals surface area contributed by atoms with E-state index < -0.39 is 14.1 Å². The quantitative estimate of drug-likeness (QED) is 0.300. The van der Waals surface area contributed by atoms with E-state index >= 15 is 0 Å². The van der Waals surface area contributed by atoms with Gasteiger partial charge in [-0.15, -0.1) is 0 Å². The molecule has 3 nitrogen and oxygen atoms in total. The third-order valence-electron chi connectivity index (χ3n) is 3.04. The van der Waals surface area contributed by atoms with Gasteiger partial charge in [-0.2, -0.15) is 0 Å². The summed E-state index contributed by atoms with van der Waals surface area (Å²) in [6.07, 6.45) is -2.08. The van der Waals surface area contributed by atoms with Crippen LogP contribution in [0.5, 0.6) is 0 Å². The van der Waals surface area contributed by atoms with Crippen LogP contribution in [0.3, 0.4) is 0 Å². The SMILES string of the molecule is O=C([O-])O.[Al+3].[Cl-].[Cl-].[Cl-].[Na+].c1ccc(P(c2ccccc2)c2ccccc2)cc1. The summed E-state index contributed by atoms with van der Waals surface area (Å²) in [5.74, 6) is 0. The first-order valence-corrected chi connectivity index (χ1v) is 8.38. The zero-order chi connectivity index (χ0) is 16.5. The maximum Gasteiger partial charge on any atom is 3.00 e. The second-order valence-corrected chi connectivity index (χ2v) is 6.83. The predicted octanol–water partition coefficient (Wildman–Crippen LogP) is -10.0. The molecule has 0 radical (unpaired) electrons. The molecule has 0 unspecified atom stereocenters. The average Bonchev–Trinajstić information content (AvgIpc) is 2.58. The summed E-state index contributed by atoms with van der Waals surface area (Å²) in [6, 6.07) is 32.3. The van der Waals surface area contributed by atoms with Gasteiger partial charge in [-0.25, -0.2) is 0 Å². The summed E-state index contributed by atoms with van der Waals surface area (Å²) < 4.78 is 0. The molecule has 0 bridgehead atoms. The van der Waals surface area contributed by atoms with E-state index in [1.807, 2.05) is 0 Å². The summed E-state index contributed by atoms with van der Waals surface area (Å²) in [5, 5.41) is 19.5. The molecule has 140 valence electrons. The van der Waals surface area contributed by atoms with E-state index in [0.717, 1.165) is 0 Å². The van der Waals surface area contributed by atoms with E-state index in [9.17, 15) is 0 Å². The van der Waals surface area contributed by atoms with Crippen molar-refractivity contribution in [2.24, 2.45) is 0 Å². The molecule has 3 aromatic rings. The Labute approximate surface area is 218 Å². The first-order valence-electron chi connectivity index (χ1n) is 7.03. The van der Waals surface area contributed by atoms with Crippen molar-refractivity contribution in [3.8, 4) is 0 Å². The number of rotatable bonds is 3. The third kappa shape index (κ3) is 12.4. The van der Waals surface area contributed by atoms with Gasteiger partial charge in [-0.05, 0) is 23.8 Å². The normalized spacial score (nSPS) is 8.04. The van der Waals surface area contributed by atoms with Crippen LogP contribution in [0.25, 0.3) is 0 Å². The second-order valence-electron chi connectivity index (χ2n) is 4.61. The Morgan fingerprint density at radius 3 is 1.00 bits per heavy atom. The third-order valence-corrected chi connectivity index (χ3v) is 5.49. The van der Waals surface area contributed by atoms with Crippen molar-refractivity contribution in [2.75, 3.05) is 0 Å². The minimum atomic E-state index is -2.08. The van der Waals surface area contributed by atoms with Gasteiger partial charge in [0.15, 0.2) is 0 Å². The number of halogens is 3. The topological polar surface area (TPSA) is 60.4 Å². The van der Waals surface area contributed by atoms with Gasteiger partial charge in [0.1, 0.15) is 0 Å². The van der Waals surface area contributed by atoms with E-state index in [0.29, 0.717) is 0 Å². The molecule has 0 heterocycles. The van der Waals surface area contributed by atoms with Gasteiger partial charge >= 0.3 is 46.9 Å². The van der Waals surface area contributed by atoms with Crippen molar-refractivity contribution < 1.29 is 81.8 Å². The molecule has 0 aromatic heterocycles. The van der Waals surface area contributed by atoms with Crippen LogP contribution in [-0.4, -0.2) is 28.6 Å². The van der Waals surface area contributed by atoms with Gasteiger partial charge in [0.25, 0.3) is 0 Å². The van der Waals surface area contributed by atoms with Gasteiger partial charge in [0.2, 0.25) is 6.16 Å². The molecule has 0 aliphatic heterocycles. The van der Waals surface area contributed by atoms with Crippen LogP contribution >= 0.6 is 7.92 Å². The van der Waals surface area contributed by atoms with E-state index in [1.54, 1.807) is 0 Å².